The maximum absolute atomic E-state index is 13.2. The van der Waals surface area contributed by atoms with E-state index in [1.165, 1.54) is 0 Å². The Morgan fingerprint density at radius 3 is 2.63 bits per heavy atom. The SMILES string of the molecule is C[C@H](NS(=O)(=O)c1ccc(F)c([N+](=O)[O-])c1)C1CC1. The van der Waals surface area contributed by atoms with Gasteiger partial charge in [0.1, 0.15) is 0 Å². The Balaban J connectivity index is 2.29. The molecule has 104 valence electrons. The third-order valence-corrected chi connectivity index (χ3v) is 4.65. The van der Waals surface area contributed by atoms with Crippen molar-refractivity contribution in [3.8, 4) is 0 Å². The third kappa shape index (κ3) is 3.07. The molecule has 1 aliphatic carbocycles. The van der Waals surface area contributed by atoms with Gasteiger partial charge in [0.15, 0.2) is 0 Å². The minimum atomic E-state index is -3.86. The van der Waals surface area contributed by atoms with Crippen molar-refractivity contribution in [1.29, 1.82) is 0 Å². The van der Waals surface area contributed by atoms with Gasteiger partial charge in [-0.2, -0.15) is 4.39 Å². The zero-order chi connectivity index (χ0) is 14.2. The number of nitrogens with one attached hydrogen (secondary N) is 1. The molecule has 1 N–H and O–H groups in total. The molecule has 0 bridgehead atoms. The second-order valence-electron chi connectivity index (χ2n) is 4.62. The molecule has 0 heterocycles. The molecule has 1 fully saturated rings. The van der Waals surface area contributed by atoms with Gasteiger partial charge in [-0.25, -0.2) is 13.1 Å². The Morgan fingerprint density at radius 1 is 1.47 bits per heavy atom. The van der Waals surface area contributed by atoms with E-state index in [-0.39, 0.29) is 10.9 Å². The van der Waals surface area contributed by atoms with Gasteiger partial charge in [-0.15, -0.1) is 0 Å². The molecule has 0 radical (unpaired) electrons. The van der Waals surface area contributed by atoms with E-state index in [0.717, 1.165) is 31.0 Å². The summed E-state index contributed by atoms with van der Waals surface area (Å²) in [4.78, 5) is 9.35. The first-order valence-electron chi connectivity index (χ1n) is 5.77. The minimum absolute atomic E-state index is 0.228. The summed E-state index contributed by atoms with van der Waals surface area (Å²) in [5.41, 5.74) is -0.845. The van der Waals surface area contributed by atoms with E-state index < -0.39 is 26.5 Å². The van der Waals surface area contributed by atoms with Gasteiger partial charge in [0, 0.05) is 12.1 Å². The van der Waals surface area contributed by atoms with Crippen molar-refractivity contribution in [1.82, 2.24) is 4.72 Å². The summed E-state index contributed by atoms with van der Waals surface area (Å²) in [5.74, 6) is -0.746. The molecule has 6 nitrogen and oxygen atoms in total. The number of sulfonamides is 1. The highest BCUT2D eigenvalue weighted by Gasteiger charge is 2.31. The normalized spacial score (nSPS) is 17.2. The molecule has 0 spiro atoms. The second-order valence-corrected chi connectivity index (χ2v) is 6.33. The predicted octanol–water partition coefficient (Wildman–Crippen LogP) is 1.81. The van der Waals surface area contributed by atoms with Crippen molar-refractivity contribution in [2.75, 3.05) is 0 Å². The largest absolute Gasteiger partial charge is 0.306 e. The molecular weight excluding hydrogens is 275 g/mol. The van der Waals surface area contributed by atoms with Gasteiger partial charge >= 0.3 is 5.69 Å². The van der Waals surface area contributed by atoms with Crippen LogP contribution in [0.1, 0.15) is 19.8 Å². The zero-order valence-corrected chi connectivity index (χ0v) is 11.0. The Labute approximate surface area is 109 Å². The highest BCUT2D eigenvalue weighted by atomic mass is 32.2. The first kappa shape index (κ1) is 13.9. The molecule has 0 saturated heterocycles. The minimum Gasteiger partial charge on any atom is -0.258 e. The number of nitro groups is 1. The number of hydrogen-bond acceptors (Lipinski definition) is 4. The molecule has 1 aromatic rings. The number of nitro benzene ring substituents is 1. The van der Waals surface area contributed by atoms with E-state index in [0.29, 0.717) is 5.92 Å². The van der Waals surface area contributed by atoms with Crippen LogP contribution in [0.4, 0.5) is 10.1 Å². The van der Waals surface area contributed by atoms with Gasteiger partial charge in [-0.3, -0.25) is 10.1 Å². The van der Waals surface area contributed by atoms with Crippen LogP contribution in [0, 0.1) is 21.8 Å². The number of nitrogens with zero attached hydrogens (tertiary/aromatic N) is 1. The van der Waals surface area contributed by atoms with Crippen LogP contribution in [0.2, 0.25) is 0 Å². The summed E-state index contributed by atoms with van der Waals surface area (Å²) in [7, 11) is -3.86. The highest BCUT2D eigenvalue weighted by Crippen LogP contribution is 2.33. The summed E-state index contributed by atoms with van der Waals surface area (Å²) in [6.07, 6.45) is 1.93. The lowest BCUT2D eigenvalue weighted by molar-refractivity contribution is -0.387. The van der Waals surface area contributed by atoms with Crippen molar-refractivity contribution in [3.63, 3.8) is 0 Å². The molecule has 2 rings (SSSR count). The van der Waals surface area contributed by atoms with Crippen LogP contribution < -0.4 is 4.72 Å². The van der Waals surface area contributed by atoms with Crippen LogP contribution in [-0.4, -0.2) is 19.4 Å². The first-order valence-corrected chi connectivity index (χ1v) is 7.26. The Kier molecular flexibility index (Phi) is 3.55. The van der Waals surface area contributed by atoms with Crippen molar-refractivity contribution >= 4 is 15.7 Å². The lowest BCUT2D eigenvalue weighted by Crippen LogP contribution is -2.34. The average Bonchev–Trinajstić information content (AvgIpc) is 3.11. The summed E-state index contributed by atoms with van der Waals surface area (Å²) >= 11 is 0. The van der Waals surface area contributed by atoms with Gasteiger partial charge in [-0.1, -0.05) is 0 Å². The molecule has 1 aromatic carbocycles. The standard InChI is InChI=1S/C11H13FN2O4S/c1-7(8-2-3-8)13-19(17,18)9-4-5-10(12)11(6-9)14(15)16/h4-8,13H,2-3H2,1H3/t7-/m0/s1. The van der Waals surface area contributed by atoms with E-state index in [1.54, 1.807) is 6.92 Å². The molecule has 19 heavy (non-hydrogen) atoms. The second kappa shape index (κ2) is 4.86. The molecule has 0 aliphatic heterocycles. The molecular formula is C11H13FN2O4S. The van der Waals surface area contributed by atoms with E-state index in [9.17, 15) is 22.9 Å². The van der Waals surface area contributed by atoms with Crippen LogP contribution in [-0.2, 0) is 10.0 Å². The quantitative estimate of drug-likeness (QED) is 0.661. The maximum Gasteiger partial charge on any atom is 0.306 e. The van der Waals surface area contributed by atoms with E-state index in [2.05, 4.69) is 4.72 Å². The fraction of sp³-hybridized carbons (Fsp3) is 0.455. The lowest BCUT2D eigenvalue weighted by Gasteiger charge is -2.13. The summed E-state index contributed by atoms with van der Waals surface area (Å²) in [6.45, 7) is 1.74. The molecule has 1 atom stereocenters. The lowest BCUT2D eigenvalue weighted by atomic mass is 10.2. The molecule has 1 aliphatic rings. The van der Waals surface area contributed by atoms with E-state index >= 15 is 0 Å². The number of halogens is 1. The first-order chi connectivity index (χ1) is 8.81. The van der Waals surface area contributed by atoms with Crippen LogP contribution >= 0.6 is 0 Å². The topological polar surface area (TPSA) is 89.3 Å². The van der Waals surface area contributed by atoms with Crippen molar-refractivity contribution < 1.29 is 17.7 Å². The predicted molar refractivity (Wildman–Crippen MR) is 65.6 cm³/mol. The van der Waals surface area contributed by atoms with Crippen molar-refractivity contribution in [2.45, 2.75) is 30.7 Å². The van der Waals surface area contributed by atoms with Gasteiger partial charge in [0.25, 0.3) is 0 Å². The number of benzene rings is 1. The van der Waals surface area contributed by atoms with Crippen LogP contribution in [0.15, 0.2) is 23.1 Å². The number of hydrogen-bond donors (Lipinski definition) is 1. The third-order valence-electron chi connectivity index (χ3n) is 3.09. The fourth-order valence-electron chi connectivity index (χ4n) is 1.80. The Bertz CT molecular complexity index is 613. The molecule has 0 unspecified atom stereocenters. The monoisotopic (exact) mass is 288 g/mol. The average molecular weight is 288 g/mol. The maximum atomic E-state index is 13.2. The molecule has 0 amide bonds. The van der Waals surface area contributed by atoms with Crippen molar-refractivity contribution in [3.05, 3.63) is 34.1 Å². The number of rotatable bonds is 5. The molecule has 0 aromatic heterocycles. The van der Waals surface area contributed by atoms with Crippen LogP contribution in [0.25, 0.3) is 0 Å². The van der Waals surface area contributed by atoms with Gasteiger partial charge in [0.05, 0.1) is 9.82 Å². The van der Waals surface area contributed by atoms with E-state index in [1.807, 2.05) is 0 Å². The van der Waals surface area contributed by atoms with Gasteiger partial charge in [-0.05, 0) is 37.8 Å². The Morgan fingerprint density at radius 2 is 2.11 bits per heavy atom. The highest BCUT2D eigenvalue weighted by molar-refractivity contribution is 7.89. The smallest absolute Gasteiger partial charge is 0.258 e. The van der Waals surface area contributed by atoms with Crippen molar-refractivity contribution in [2.24, 2.45) is 5.92 Å². The zero-order valence-electron chi connectivity index (χ0n) is 10.2. The van der Waals surface area contributed by atoms with Gasteiger partial charge < -0.3 is 0 Å². The molecule has 8 heteroatoms. The summed E-state index contributed by atoms with van der Waals surface area (Å²) in [5, 5.41) is 10.6. The van der Waals surface area contributed by atoms with Gasteiger partial charge in [0.2, 0.25) is 15.8 Å². The van der Waals surface area contributed by atoms with Crippen LogP contribution in [0.5, 0.6) is 0 Å². The Hall–Kier alpha value is -1.54. The summed E-state index contributed by atoms with van der Waals surface area (Å²) < 4.78 is 39.6. The summed E-state index contributed by atoms with van der Waals surface area (Å²) in [6, 6.07) is 2.31. The van der Waals surface area contributed by atoms with E-state index in [4.69, 9.17) is 0 Å². The van der Waals surface area contributed by atoms with Crippen LogP contribution in [0.3, 0.4) is 0 Å². The fourth-order valence-corrected chi connectivity index (χ4v) is 3.14. The molecule has 1 saturated carbocycles.